The van der Waals surface area contributed by atoms with Gasteiger partial charge in [-0.2, -0.15) is 5.26 Å². The summed E-state index contributed by atoms with van der Waals surface area (Å²) < 4.78 is 1.64. The van der Waals surface area contributed by atoms with Gasteiger partial charge >= 0.3 is 0 Å². The summed E-state index contributed by atoms with van der Waals surface area (Å²) in [5, 5.41) is 9.23. The van der Waals surface area contributed by atoms with Gasteiger partial charge in [-0.15, -0.1) is 11.8 Å². The highest BCUT2D eigenvalue weighted by atomic mass is 32.2. The van der Waals surface area contributed by atoms with Gasteiger partial charge in [0.15, 0.2) is 0 Å². The minimum absolute atomic E-state index is 0.220. The summed E-state index contributed by atoms with van der Waals surface area (Å²) in [6.07, 6.45) is 0. The van der Waals surface area contributed by atoms with Crippen LogP contribution in [0.3, 0.4) is 0 Å². The molecule has 0 radical (unpaired) electrons. The Kier molecular flexibility index (Phi) is 3.21. The lowest BCUT2D eigenvalue weighted by Crippen LogP contribution is -2.09. The number of fused-ring (bicyclic) bond motifs is 1. The highest BCUT2D eigenvalue weighted by Gasteiger charge is 2.31. The van der Waals surface area contributed by atoms with Crippen molar-refractivity contribution in [1.29, 1.82) is 5.26 Å². The fourth-order valence-electron chi connectivity index (χ4n) is 2.39. The third kappa shape index (κ3) is 1.79. The Hall–Kier alpha value is -2.25. The fourth-order valence-corrected chi connectivity index (χ4v) is 3.27. The summed E-state index contributed by atoms with van der Waals surface area (Å²) in [6, 6.07) is 15.7. The Morgan fingerprint density at radius 3 is 2.50 bits per heavy atom. The van der Waals surface area contributed by atoms with Crippen LogP contribution in [0, 0.1) is 11.3 Å². The van der Waals surface area contributed by atoms with Crippen LogP contribution in [0.2, 0.25) is 0 Å². The third-order valence-corrected chi connectivity index (χ3v) is 4.22. The normalized spacial score (nSPS) is 13.5. The second kappa shape index (κ2) is 5.03. The third-order valence-electron chi connectivity index (χ3n) is 3.23. The largest absolute Gasteiger partial charge is 0.275 e. The number of carbonyl (C=O) groups excluding carboxylic acids is 1. The molecular weight excluding hydrogens is 268 g/mol. The molecule has 20 heavy (non-hydrogen) atoms. The Balaban J connectivity index is 2.17. The first-order chi connectivity index (χ1) is 9.77. The van der Waals surface area contributed by atoms with Crippen LogP contribution >= 0.6 is 11.8 Å². The quantitative estimate of drug-likeness (QED) is 0.859. The van der Waals surface area contributed by atoms with E-state index in [1.165, 1.54) is 0 Å². The van der Waals surface area contributed by atoms with Gasteiger partial charge in [0.05, 0.1) is 16.3 Å². The van der Waals surface area contributed by atoms with Crippen molar-refractivity contribution in [3.63, 3.8) is 0 Å². The summed E-state index contributed by atoms with van der Waals surface area (Å²) in [5.41, 5.74) is 2.90. The molecule has 2 aromatic rings. The lowest BCUT2D eigenvalue weighted by Gasteiger charge is -2.05. The number of aromatic nitrogens is 1. The van der Waals surface area contributed by atoms with E-state index >= 15 is 0 Å². The van der Waals surface area contributed by atoms with Crippen LogP contribution in [-0.4, -0.2) is 16.2 Å². The van der Waals surface area contributed by atoms with Gasteiger partial charge in [-0.05, 0) is 23.4 Å². The van der Waals surface area contributed by atoms with Gasteiger partial charge in [-0.25, -0.2) is 0 Å². The Morgan fingerprint density at radius 2 is 1.85 bits per heavy atom. The SMILES string of the molecule is CCSC1=C(C#N)C(=O)n2c1ccc2-c1ccccc1. The van der Waals surface area contributed by atoms with Gasteiger partial charge in [0.2, 0.25) is 0 Å². The van der Waals surface area contributed by atoms with Crippen LogP contribution in [0.15, 0.2) is 48.0 Å². The summed E-state index contributed by atoms with van der Waals surface area (Å²) in [5.74, 6) is 0.613. The first kappa shape index (κ1) is 12.8. The molecular formula is C16H12N2OS. The number of nitrogens with zero attached hydrogens (tertiary/aromatic N) is 2. The van der Waals surface area contributed by atoms with E-state index in [1.54, 1.807) is 16.3 Å². The average molecular weight is 280 g/mol. The van der Waals surface area contributed by atoms with Crippen molar-refractivity contribution in [1.82, 2.24) is 4.57 Å². The van der Waals surface area contributed by atoms with E-state index in [1.807, 2.05) is 55.5 Å². The molecule has 3 nitrogen and oxygen atoms in total. The van der Waals surface area contributed by atoms with Gasteiger partial charge in [0.1, 0.15) is 11.6 Å². The molecule has 0 bridgehead atoms. The zero-order valence-corrected chi connectivity index (χ0v) is 11.8. The first-order valence-corrected chi connectivity index (χ1v) is 7.36. The molecule has 1 aromatic carbocycles. The summed E-state index contributed by atoms with van der Waals surface area (Å²) >= 11 is 1.54. The minimum atomic E-state index is -0.220. The maximum atomic E-state index is 12.4. The maximum Gasteiger partial charge on any atom is 0.274 e. The molecule has 98 valence electrons. The van der Waals surface area contributed by atoms with E-state index in [0.29, 0.717) is 0 Å². The molecule has 0 aliphatic carbocycles. The number of allylic oxidation sites excluding steroid dienone is 1. The predicted octanol–water partition coefficient (Wildman–Crippen LogP) is 3.80. The highest BCUT2D eigenvalue weighted by molar-refractivity contribution is 8.08. The van der Waals surface area contributed by atoms with Crippen LogP contribution in [0.1, 0.15) is 17.4 Å². The molecule has 1 aliphatic rings. The van der Waals surface area contributed by atoms with Crippen molar-refractivity contribution in [2.75, 3.05) is 5.75 Å². The Labute approximate surface area is 121 Å². The van der Waals surface area contributed by atoms with E-state index < -0.39 is 0 Å². The van der Waals surface area contributed by atoms with Crippen LogP contribution in [-0.2, 0) is 0 Å². The molecule has 0 N–H and O–H groups in total. The number of rotatable bonds is 3. The first-order valence-electron chi connectivity index (χ1n) is 6.37. The van der Waals surface area contributed by atoms with E-state index in [2.05, 4.69) is 0 Å². The Morgan fingerprint density at radius 1 is 1.15 bits per heavy atom. The molecule has 0 amide bonds. The van der Waals surface area contributed by atoms with Gasteiger partial charge in [0.25, 0.3) is 5.91 Å². The fraction of sp³-hybridized carbons (Fsp3) is 0.125. The van der Waals surface area contributed by atoms with Crippen LogP contribution in [0.5, 0.6) is 0 Å². The van der Waals surface area contributed by atoms with Gasteiger partial charge in [-0.1, -0.05) is 37.3 Å². The lowest BCUT2D eigenvalue weighted by molar-refractivity contribution is 0.0968. The van der Waals surface area contributed by atoms with Crippen molar-refractivity contribution in [3.8, 4) is 17.3 Å². The number of nitriles is 1. The topological polar surface area (TPSA) is 45.8 Å². The molecule has 0 saturated heterocycles. The zero-order valence-electron chi connectivity index (χ0n) is 11.0. The lowest BCUT2D eigenvalue weighted by atomic mass is 10.1. The number of carbonyl (C=O) groups is 1. The van der Waals surface area contributed by atoms with E-state index in [-0.39, 0.29) is 11.5 Å². The zero-order chi connectivity index (χ0) is 14.1. The van der Waals surface area contributed by atoms with E-state index in [9.17, 15) is 10.1 Å². The predicted molar refractivity (Wildman–Crippen MR) is 81.2 cm³/mol. The maximum absolute atomic E-state index is 12.4. The molecule has 1 aliphatic heterocycles. The second-order valence-corrected chi connectivity index (χ2v) is 5.63. The molecule has 0 unspecified atom stereocenters. The molecule has 4 heteroatoms. The molecule has 1 aromatic heterocycles. The molecule has 0 atom stereocenters. The number of hydrogen-bond acceptors (Lipinski definition) is 3. The van der Waals surface area contributed by atoms with E-state index in [0.717, 1.165) is 27.6 Å². The standard InChI is InChI=1S/C16H12N2OS/c1-2-20-15-12(10-17)16(19)18-13(8-9-14(15)18)11-6-4-3-5-7-11/h3-9H,2H2,1H3. The summed E-state index contributed by atoms with van der Waals surface area (Å²) in [4.78, 5) is 13.2. The number of hydrogen-bond donors (Lipinski definition) is 0. The van der Waals surface area contributed by atoms with Crippen LogP contribution in [0.4, 0.5) is 0 Å². The minimum Gasteiger partial charge on any atom is -0.275 e. The molecule has 0 spiro atoms. The van der Waals surface area contributed by atoms with Crippen LogP contribution in [0.25, 0.3) is 16.2 Å². The van der Waals surface area contributed by atoms with Crippen molar-refractivity contribution >= 4 is 22.6 Å². The molecule has 0 fully saturated rings. The summed E-state index contributed by atoms with van der Waals surface area (Å²) in [7, 11) is 0. The van der Waals surface area contributed by atoms with E-state index in [4.69, 9.17) is 0 Å². The summed E-state index contributed by atoms with van der Waals surface area (Å²) in [6.45, 7) is 2.01. The van der Waals surface area contributed by atoms with Crippen molar-refractivity contribution in [2.45, 2.75) is 6.92 Å². The highest BCUT2D eigenvalue weighted by Crippen LogP contribution is 2.40. The smallest absolute Gasteiger partial charge is 0.274 e. The number of thioether (sulfide) groups is 1. The Bertz CT molecular complexity index is 751. The van der Waals surface area contributed by atoms with Gasteiger partial charge in [0, 0.05) is 0 Å². The van der Waals surface area contributed by atoms with Crippen LogP contribution < -0.4 is 0 Å². The monoisotopic (exact) mass is 280 g/mol. The van der Waals surface area contributed by atoms with Gasteiger partial charge in [-0.3, -0.25) is 9.36 Å². The molecule has 2 heterocycles. The van der Waals surface area contributed by atoms with Crippen molar-refractivity contribution in [2.24, 2.45) is 0 Å². The van der Waals surface area contributed by atoms with Crippen molar-refractivity contribution in [3.05, 3.63) is 53.7 Å². The molecule has 0 saturated carbocycles. The second-order valence-electron chi connectivity index (χ2n) is 4.36. The average Bonchev–Trinajstić information content (AvgIpc) is 3.01. The molecule has 3 rings (SSSR count). The van der Waals surface area contributed by atoms with Gasteiger partial charge < -0.3 is 0 Å². The number of benzene rings is 1. The van der Waals surface area contributed by atoms with Crippen molar-refractivity contribution < 1.29 is 4.79 Å².